The second-order valence-electron chi connectivity index (χ2n) is 6.32. The Hall–Kier alpha value is -2.44. The van der Waals surface area contributed by atoms with E-state index in [-0.39, 0.29) is 17.4 Å². The van der Waals surface area contributed by atoms with Crippen LogP contribution in [0.1, 0.15) is 45.7 Å². The van der Waals surface area contributed by atoms with Gasteiger partial charge in [0, 0.05) is 21.2 Å². The molecule has 2 aromatic carbocycles. The molecule has 6 nitrogen and oxygen atoms in total. The van der Waals surface area contributed by atoms with Crippen molar-refractivity contribution in [2.45, 2.75) is 33.8 Å². The summed E-state index contributed by atoms with van der Waals surface area (Å²) in [5.74, 6) is -0.306. The van der Waals surface area contributed by atoms with E-state index in [9.17, 15) is 14.7 Å². The monoisotopic (exact) mass is 442 g/mol. The Labute approximate surface area is 180 Å². The van der Waals surface area contributed by atoms with E-state index in [0.717, 1.165) is 5.56 Å². The number of phenols is 1. The van der Waals surface area contributed by atoms with Crippen LogP contribution in [0.25, 0.3) is 0 Å². The van der Waals surface area contributed by atoms with E-state index in [1.165, 1.54) is 26.4 Å². The number of esters is 2. The van der Waals surface area contributed by atoms with Gasteiger partial charge < -0.3 is 19.3 Å². The molecular weight excluding hydrogens is 419 g/mol. The summed E-state index contributed by atoms with van der Waals surface area (Å²) in [7, 11) is 2.62. The van der Waals surface area contributed by atoms with Crippen molar-refractivity contribution in [3.05, 3.63) is 56.6 Å². The molecule has 0 heterocycles. The van der Waals surface area contributed by atoms with Crippen LogP contribution in [-0.2, 0) is 9.47 Å². The molecule has 0 radical (unpaired) electrons. The van der Waals surface area contributed by atoms with Crippen molar-refractivity contribution >= 4 is 35.1 Å². The molecule has 0 atom stereocenters. The van der Waals surface area contributed by atoms with Crippen molar-refractivity contribution in [3.8, 4) is 11.5 Å². The number of carbonyl (C=O) groups is 2. The zero-order valence-corrected chi connectivity index (χ0v) is 18.6. The molecule has 29 heavy (non-hydrogen) atoms. The van der Waals surface area contributed by atoms with Gasteiger partial charge in [-0.1, -0.05) is 23.2 Å². The van der Waals surface area contributed by atoms with Gasteiger partial charge in [-0.15, -0.1) is 0 Å². The molecule has 2 rings (SSSR count). The summed E-state index contributed by atoms with van der Waals surface area (Å²) in [4.78, 5) is 22.6. The highest BCUT2D eigenvalue weighted by Crippen LogP contribution is 2.28. The van der Waals surface area contributed by atoms with Crippen LogP contribution in [-0.4, -0.2) is 37.4 Å². The molecule has 0 aliphatic heterocycles. The molecular formula is C21H24Cl2O6. The smallest absolute Gasteiger partial charge is 0.338 e. The predicted molar refractivity (Wildman–Crippen MR) is 112 cm³/mol. The highest BCUT2D eigenvalue weighted by atomic mass is 35.5. The highest BCUT2D eigenvalue weighted by Gasteiger charge is 2.15. The fourth-order valence-electron chi connectivity index (χ4n) is 2.34. The molecule has 0 aliphatic carbocycles. The molecule has 0 saturated carbocycles. The minimum absolute atomic E-state index is 0.00657. The van der Waals surface area contributed by atoms with Crippen molar-refractivity contribution in [3.63, 3.8) is 0 Å². The Kier molecular flexibility index (Phi) is 9.27. The van der Waals surface area contributed by atoms with Gasteiger partial charge in [0.25, 0.3) is 0 Å². The average molecular weight is 443 g/mol. The lowest BCUT2D eigenvalue weighted by Gasteiger charge is -2.14. The number of benzene rings is 2. The Morgan fingerprint density at radius 2 is 1.31 bits per heavy atom. The van der Waals surface area contributed by atoms with E-state index in [0.29, 0.717) is 26.9 Å². The number of hydrogen-bond acceptors (Lipinski definition) is 6. The van der Waals surface area contributed by atoms with Crippen LogP contribution < -0.4 is 4.74 Å². The number of carbonyl (C=O) groups excluding carboxylic acids is 2. The van der Waals surface area contributed by atoms with Gasteiger partial charge in [-0.2, -0.15) is 0 Å². The molecule has 2 aromatic rings. The van der Waals surface area contributed by atoms with Gasteiger partial charge in [0.15, 0.2) is 0 Å². The van der Waals surface area contributed by atoms with E-state index >= 15 is 0 Å². The van der Waals surface area contributed by atoms with Gasteiger partial charge >= 0.3 is 11.9 Å². The lowest BCUT2D eigenvalue weighted by molar-refractivity contribution is 0.0590. The van der Waals surface area contributed by atoms with E-state index in [1.807, 2.05) is 13.8 Å². The number of halogens is 2. The zero-order chi connectivity index (χ0) is 22.3. The molecule has 8 heteroatoms. The molecule has 0 saturated heterocycles. The van der Waals surface area contributed by atoms with Gasteiger partial charge in [-0.05, 0) is 52.0 Å². The number of phenolic OH excluding ortho intramolecular Hbond substituents is 1. The Morgan fingerprint density at radius 1 is 0.862 bits per heavy atom. The number of hydrogen-bond donors (Lipinski definition) is 1. The Morgan fingerprint density at radius 3 is 1.76 bits per heavy atom. The fourth-order valence-corrected chi connectivity index (χ4v) is 2.76. The van der Waals surface area contributed by atoms with Gasteiger partial charge in [0.2, 0.25) is 0 Å². The minimum atomic E-state index is -0.504. The minimum Gasteiger partial charge on any atom is -0.508 e. The number of rotatable bonds is 4. The maximum atomic E-state index is 11.5. The second kappa shape index (κ2) is 10.9. The fraction of sp³-hybridized carbons (Fsp3) is 0.333. The van der Waals surface area contributed by atoms with Gasteiger partial charge in [-0.3, -0.25) is 0 Å². The van der Waals surface area contributed by atoms with Crippen LogP contribution in [0, 0.1) is 13.8 Å². The third kappa shape index (κ3) is 6.84. The average Bonchev–Trinajstić information content (AvgIpc) is 2.66. The summed E-state index contributed by atoms with van der Waals surface area (Å²) in [6.07, 6.45) is 0.0302. The van der Waals surface area contributed by atoms with E-state index in [2.05, 4.69) is 9.47 Å². The standard InChI is InChI=1S/C12H15ClO3.C9H9ClO3/c1-7(2)16-11-6-9(13)5-10(8(11)3)12(14)15-4;1-5-7(9(12)13-2)3-6(10)4-8(5)11/h5-7H,1-4H3;3-4,11H,1-2H3. The van der Waals surface area contributed by atoms with Crippen molar-refractivity contribution in [2.24, 2.45) is 0 Å². The summed E-state index contributed by atoms with van der Waals surface area (Å²) in [5, 5.41) is 10.1. The molecule has 0 fully saturated rings. The summed E-state index contributed by atoms with van der Waals surface area (Å²) < 4.78 is 14.8. The van der Waals surface area contributed by atoms with Crippen LogP contribution in [0.3, 0.4) is 0 Å². The maximum Gasteiger partial charge on any atom is 0.338 e. The van der Waals surface area contributed by atoms with Crippen molar-refractivity contribution < 1.29 is 28.9 Å². The van der Waals surface area contributed by atoms with Gasteiger partial charge in [0.1, 0.15) is 11.5 Å². The van der Waals surface area contributed by atoms with Crippen molar-refractivity contribution in [2.75, 3.05) is 14.2 Å². The predicted octanol–water partition coefficient (Wildman–Crippen LogP) is 5.36. The highest BCUT2D eigenvalue weighted by molar-refractivity contribution is 6.31. The molecule has 0 spiro atoms. The molecule has 0 amide bonds. The van der Waals surface area contributed by atoms with Gasteiger partial charge in [0.05, 0.1) is 31.5 Å². The first-order valence-electron chi connectivity index (χ1n) is 8.64. The Bertz CT molecular complexity index is 893. The lowest BCUT2D eigenvalue weighted by atomic mass is 10.1. The SMILES string of the molecule is COC(=O)c1cc(Cl)cc(O)c1C.COC(=O)c1cc(Cl)cc(OC(C)C)c1C. The summed E-state index contributed by atoms with van der Waals surface area (Å²) in [5.41, 5.74) is 1.93. The van der Waals surface area contributed by atoms with Crippen LogP contribution in [0.15, 0.2) is 24.3 Å². The summed E-state index contributed by atoms with van der Waals surface area (Å²) >= 11 is 11.6. The third-order valence-electron chi connectivity index (χ3n) is 3.84. The van der Waals surface area contributed by atoms with Crippen LogP contribution in [0.4, 0.5) is 0 Å². The van der Waals surface area contributed by atoms with Crippen molar-refractivity contribution in [1.82, 2.24) is 0 Å². The number of aromatic hydroxyl groups is 1. The summed E-state index contributed by atoms with van der Waals surface area (Å²) in [6, 6.07) is 6.12. The normalized spacial score (nSPS) is 10.1. The Balaban J connectivity index is 0.000000296. The molecule has 0 bridgehead atoms. The molecule has 0 unspecified atom stereocenters. The quantitative estimate of drug-likeness (QED) is 0.641. The number of methoxy groups -OCH3 is 2. The van der Waals surface area contributed by atoms with Crippen LogP contribution >= 0.6 is 23.2 Å². The zero-order valence-electron chi connectivity index (χ0n) is 17.1. The van der Waals surface area contributed by atoms with E-state index < -0.39 is 11.9 Å². The third-order valence-corrected chi connectivity index (χ3v) is 4.28. The topological polar surface area (TPSA) is 82.1 Å². The van der Waals surface area contributed by atoms with E-state index in [1.54, 1.807) is 26.0 Å². The second-order valence-corrected chi connectivity index (χ2v) is 7.20. The summed E-state index contributed by atoms with van der Waals surface area (Å²) in [6.45, 7) is 7.26. The van der Waals surface area contributed by atoms with Gasteiger partial charge in [-0.25, -0.2) is 9.59 Å². The van der Waals surface area contributed by atoms with E-state index in [4.69, 9.17) is 27.9 Å². The maximum absolute atomic E-state index is 11.5. The molecule has 0 aromatic heterocycles. The first kappa shape index (κ1) is 24.6. The lowest BCUT2D eigenvalue weighted by Crippen LogP contribution is -2.10. The molecule has 158 valence electrons. The van der Waals surface area contributed by atoms with Crippen LogP contribution in [0.2, 0.25) is 10.0 Å². The van der Waals surface area contributed by atoms with Crippen LogP contribution in [0.5, 0.6) is 11.5 Å². The van der Waals surface area contributed by atoms with Crippen molar-refractivity contribution in [1.29, 1.82) is 0 Å². The molecule has 1 N–H and O–H groups in total. The largest absolute Gasteiger partial charge is 0.508 e. The molecule has 0 aliphatic rings. The first-order valence-corrected chi connectivity index (χ1v) is 9.39. The first-order chi connectivity index (χ1) is 13.5. The number of ether oxygens (including phenoxy) is 3.